The summed E-state index contributed by atoms with van der Waals surface area (Å²) in [6.45, 7) is 0. The molecule has 5 nitrogen and oxygen atoms in total. The number of benzene rings is 2. The molecule has 0 amide bonds. The van der Waals surface area contributed by atoms with Crippen molar-refractivity contribution in [2.45, 2.75) is 4.90 Å². The van der Waals surface area contributed by atoms with E-state index in [1.165, 1.54) is 12.1 Å². The van der Waals surface area contributed by atoms with Crippen molar-refractivity contribution in [3.05, 3.63) is 36.4 Å². The van der Waals surface area contributed by atoms with Crippen molar-refractivity contribution < 1.29 is 18.9 Å². The number of nitrogens with two attached hydrogens (primary N) is 1. The minimum absolute atomic E-state index is 0.0700. The molecular formula is C10H11N2O3S+2. The highest BCUT2D eigenvalue weighted by Gasteiger charge is 2.36. The van der Waals surface area contributed by atoms with Gasteiger partial charge in [-0.25, -0.2) is 0 Å². The third-order valence-corrected chi connectivity index (χ3v) is 3.47. The Hall–Kier alpha value is -1.47. The van der Waals surface area contributed by atoms with Gasteiger partial charge in [0.15, 0.2) is 0 Å². The van der Waals surface area contributed by atoms with Gasteiger partial charge in [-0.05, 0) is 21.7 Å². The Balaban J connectivity index is 2.66. The highest BCUT2D eigenvalue weighted by molar-refractivity contribution is 7.92. The molecule has 0 fully saturated rings. The summed E-state index contributed by atoms with van der Waals surface area (Å²) in [4.78, 5) is 0.0700. The summed E-state index contributed by atoms with van der Waals surface area (Å²) in [6.07, 6.45) is 0. The van der Waals surface area contributed by atoms with E-state index in [1.54, 1.807) is 24.3 Å². The highest BCUT2D eigenvalue weighted by atomic mass is 32.3. The van der Waals surface area contributed by atoms with Gasteiger partial charge < -0.3 is 5.73 Å². The van der Waals surface area contributed by atoms with Crippen molar-refractivity contribution in [3.8, 4) is 0 Å². The molecule has 1 radical (unpaired) electrons. The quantitative estimate of drug-likeness (QED) is 0.458. The van der Waals surface area contributed by atoms with Crippen LogP contribution in [0.3, 0.4) is 0 Å². The van der Waals surface area contributed by atoms with E-state index < -0.39 is 10.5 Å². The Morgan fingerprint density at radius 1 is 1.25 bits per heavy atom. The zero-order valence-electron chi connectivity index (χ0n) is 8.38. The van der Waals surface area contributed by atoms with Gasteiger partial charge in [-0.3, -0.25) is 0 Å². The summed E-state index contributed by atoms with van der Waals surface area (Å²) in [5.41, 5.74) is 6.36. The second-order valence-electron chi connectivity index (χ2n) is 3.30. The normalized spacial score (nSPS) is 14.9. The van der Waals surface area contributed by atoms with E-state index in [2.05, 4.69) is 10.2 Å². The lowest BCUT2D eigenvalue weighted by atomic mass is 10.1. The average Bonchev–Trinajstić information content (AvgIpc) is 2.29. The van der Waals surface area contributed by atoms with Gasteiger partial charge in [-0.2, -0.15) is 5.90 Å². The molecule has 2 aromatic carbocycles. The fraction of sp³-hybridized carbons (Fsp3) is 0. The van der Waals surface area contributed by atoms with Crippen molar-refractivity contribution in [3.63, 3.8) is 0 Å². The van der Waals surface area contributed by atoms with Crippen LogP contribution >= 0.6 is 0 Å². The second-order valence-corrected chi connectivity index (χ2v) is 4.92. The number of hydrogen-bond donors (Lipinski definition) is 2. The minimum Gasteiger partial charge on any atom is -0.398 e. The average molecular weight is 239 g/mol. The van der Waals surface area contributed by atoms with Crippen LogP contribution in [0.5, 0.6) is 0 Å². The summed E-state index contributed by atoms with van der Waals surface area (Å²) >= 11 is 0. The molecule has 0 aliphatic carbocycles. The number of quaternary nitrogens is 1. The standard InChI is InChI=1S/C10H11N2O3S/c11-10-3-1-2-7-6-8(4-5-9(7)10)16(13,14)15-12/h1-6H,11H2,12H3/q+2. The predicted molar refractivity (Wildman–Crippen MR) is 59.3 cm³/mol. The second kappa shape index (κ2) is 3.84. The first kappa shape index (κ1) is 11.0. The largest absolute Gasteiger partial charge is 0.482 e. The van der Waals surface area contributed by atoms with Gasteiger partial charge in [0.25, 0.3) is 0 Å². The maximum Gasteiger partial charge on any atom is 0.482 e. The van der Waals surface area contributed by atoms with Crippen molar-refractivity contribution in [1.82, 2.24) is 0 Å². The van der Waals surface area contributed by atoms with Crippen molar-refractivity contribution >= 4 is 27.0 Å². The lowest BCUT2D eigenvalue weighted by Gasteiger charge is -2.01. The van der Waals surface area contributed by atoms with Crippen LogP contribution in [0.4, 0.5) is 5.69 Å². The summed E-state index contributed by atoms with van der Waals surface area (Å²) in [5, 5.41) is 1.56. The Bertz CT molecular complexity index is 585. The molecule has 0 saturated carbocycles. The van der Waals surface area contributed by atoms with Crippen LogP contribution in [0, 0.1) is 0 Å². The fourth-order valence-electron chi connectivity index (χ4n) is 1.51. The maximum atomic E-state index is 11.4. The van der Waals surface area contributed by atoms with Gasteiger partial charge in [0.2, 0.25) is 4.90 Å². The fourth-order valence-corrected chi connectivity index (χ4v) is 2.15. The van der Waals surface area contributed by atoms with Crippen LogP contribution in [0.25, 0.3) is 10.8 Å². The zero-order valence-corrected chi connectivity index (χ0v) is 9.20. The molecule has 2 aromatic rings. The third-order valence-electron chi connectivity index (χ3n) is 2.33. The number of rotatable bonds is 2. The smallest absolute Gasteiger partial charge is 0.398 e. The first-order valence-corrected chi connectivity index (χ1v) is 5.92. The van der Waals surface area contributed by atoms with Crippen LogP contribution in [-0.2, 0) is 23.5 Å². The van der Waals surface area contributed by atoms with Gasteiger partial charge in [-0.15, -0.1) is 0 Å². The molecule has 5 N–H and O–H groups in total. The molecule has 0 saturated heterocycles. The number of nitrogen functional groups attached to an aromatic ring is 1. The topological polar surface area (TPSA) is 99.9 Å². The molecule has 0 bridgehead atoms. The van der Waals surface area contributed by atoms with Crippen molar-refractivity contribution in [2.75, 3.05) is 5.73 Å². The van der Waals surface area contributed by atoms with Gasteiger partial charge in [-0.1, -0.05) is 12.1 Å². The Labute approximate surface area is 93.4 Å². The van der Waals surface area contributed by atoms with Crippen LogP contribution in [0.2, 0.25) is 0 Å². The zero-order chi connectivity index (χ0) is 11.8. The molecule has 1 atom stereocenters. The first-order valence-electron chi connectivity index (χ1n) is 4.51. The van der Waals surface area contributed by atoms with E-state index in [4.69, 9.17) is 5.73 Å². The Kier molecular flexibility index (Phi) is 2.64. The van der Waals surface area contributed by atoms with E-state index in [0.717, 1.165) is 10.8 Å². The molecule has 0 aliphatic heterocycles. The summed E-state index contributed by atoms with van der Waals surface area (Å²) < 4.78 is 27.0. The number of fused-ring (bicyclic) bond motifs is 1. The van der Waals surface area contributed by atoms with E-state index in [1.807, 2.05) is 0 Å². The maximum absolute atomic E-state index is 11.4. The van der Waals surface area contributed by atoms with Gasteiger partial charge >= 0.3 is 10.5 Å². The van der Waals surface area contributed by atoms with E-state index in [9.17, 15) is 8.76 Å². The van der Waals surface area contributed by atoms with Crippen LogP contribution < -0.4 is 11.6 Å². The van der Waals surface area contributed by atoms with Gasteiger partial charge in [0, 0.05) is 23.2 Å². The molecule has 0 aliphatic rings. The van der Waals surface area contributed by atoms with Gasteiger partial charge in [0.05, 0.1) is 8.84 Å². The Morgan fingerprint density at radius 3 is 2.69 bits per heavy atom. The first-order chi connectivity index (χ1) is 7.54. The SMILES string of the molecule is Nc1cccc2cc([S+]([O])(=O)O[NH3+])ccc12. The molecule has 0 heterocycles. The molecule has 1 unspecified atom stereocenters. The van der Waals surface area contributed by atoms with Crippen LogP contribution in [-0.4, -0.2) is 0 Å². The van der Waals surface area contributed by atoms with E-state index in [-0.39, 0.29) is 4.90 Å². The Morgan fingerprint density at radius 2 is 2.00 bits per heavy atom. The summed E-state index contributed by atoms with van der Waals surface area (Å²) in [6, 6.07) is 9.91. The molecule has 0 aromatic heterocycles. The lowest BCUT2D eigenvalue weighted by molar-refractivity contribution is -0.637. The van der Waals surface area contributed by atoms with Crippen molar-refractivity contribution in [2.24, 2.45) is 0 Å². The van der Waals surface area contributed by atoms with Crippen LogP contribution in [0.15, 0.2) is 41.3 Å². The predicted octanol–water partition coefficient (Wildman–Crippen LogP) is 0.714. The van der Waals surface area contributed by atoms with E-state index in [0.29, 0.717) is 5.69 Å². The number of hydrogen-bond acceptors (Lipinski definition) is 3. The molecule has 83 valence electrons. The van der Waals surface area contributed by atoms with E-state index >= 15 is 0 Å². The minimum atomic E-state index is -3.75. The molecule has 6 heteroatoms. The third kappa shape index (κ3) is 1.79. The monoisotopic (exact) mass is 239 g/mol. The summed E-state index contributed by atoms with van der Waals surface area (Å²) in [7, 11) is -3.75. The lowest BCUT2D eigenvalue weighted by Crippen LogP contribution is -2.52. The molecule has 16 heavy (non-hydrogen) atoms. The van der Waals surface area contributed by atoms with Crippen LogP contribution in [0.1, 0.15) is 0 Å². The molecule has 0 spiro atoms. The summed E-state index contributed by atoms with van der Waals surface area (Å²) in [5.74, 6) is 2.92. The molecular weight excluding hydrogens is 228 g/mol. The molecule has 2 rings (SSSR count). The highest BCUT2D eigenvalue weighted by Crippen LogP contribution is 2.26. The number of anilines is 1. The van der Waals surface area contributed by atoms with Gasteiger partial charge in [0.1, 0.15) is 0 Å². The van der Waals surface area contributed by atoms with Crippen molar-refractivity contribution in [1.29, 1.82) is 0 Å².